The molecule has 0 saturated carbocycles. The van der Waals surface area contributed by atoms with Gasteiger partial charge in [-0.2, -0.15) is 4.31 Å². The molecule has 2 heterocycles. The van der Waals surface area contributed by atoms with E-state index in [0.717, 1.165) is 19.3 Å². The SMILES string of the molecule is CC[C@H](C)N1C2CCC1CN(S(C)(=O)=O)C2. The molecule has 2 saturated heterocycles. The smallest absolute Gasteiger partial charge is 0.211 e. The van der Waals surface area contributed by atoms with Crippen LogP contribution in [-0.4, -0.2) is 55.1 Å². The van der Waals surface area contributed by atoms with Crippen molar-refractivity contribution in [1.82, 2.24) is 9.21 Å². The van der Waals surface area contributed by atoms with Crippen LogP contribution in [0.2, 0.25) is 0 Å². The third-order valence-electron chi connectivity index (χ3n) is 4.07. The molecule has 2 aliphatic rings. The molecule has 0 aromatic heterocycles. The molecule has 4 nitrogen and oxygen atoms in total. The summed E-state index contributed by atoms with van der Waals surface area (Å²) in [5.41, 5.74) is 0. The second-order valence-electron chi connectivity index (χ2n) is 5.17. The Labute approximate surface area is 98.7 Å². The number of hydrogen-bond donors (Lipinski definition) is 0. The van der Waals surface area contributed by atoms with Crippen LogP contribution in [0.5, 0.6) is 0 Å². The van der Waals surface area contributed by atoms with Crippen molar-refractivity contribution in [2.75, 3.05) is 19.3 Å². The molecule has 0 aromatic carbocycles. The average molecular weight is 246 g/mol. The van der Waals surface area contributed by atoms with Gasteiger partial charge in [0.2, 0.25) is 10.0 Å². The van der Waals surface area contributed by atoms with E-state index in [1.807, 2.05) is 0 Å². The Morgan fingerprint density at radius 2 is 1.75 bits per heavy atom. The third-order valence-corrected chi connectivity index (χ3v) is 5.31. The Bertz CT molecular complexity index is 341. The Morgan fingerprint density at radius 1 is 1.25 bits per heavy atom. The van der Waals surface area contributed by atoms with Gasteiger partial charge >= 0.3 is 0 Å². The first-order chi connectivity index (χ1) is 7.43. The van der Waals surface area contributed by atoms with Gasteiger partial charge in [-0.05, 0) is 26.2 Å². The molecule has 0 spiro atoms. The van der Waals surface area contributed by atoms with Crippen molar-refractivity contribution >= 4 is 10.0 Å². The van der Waals surface area contributed by atoms with Gasteiger partial charge in [-0.15, -0.1) is 0 Å². The predicted molar refractivity (Wildman–Crippen MR) is 64.8 cm³/mol. The maximum atomic E-state index is 11.6. The molecule has 2 unspecified atom stereocenters. The van der Waals surface area contributed by atoms with Gasteiger partial charge in [-0.1, -0.05) is 6.92 Å². The average Bonchev–Trinajstić information content (AvgIpc) is 2.46. The van der Waals surface area contributed by atoms with Crippen LogP contribution >= 0.6 is 0 Å². The lowest BCUT2D eigenvalue weighted by Crippen LogP contribution is -2.57. The molecular weight excluding hydrogens is 224 g/mol. The van der Waals surface area contributed by atoms with E-state index in [9.17, 15) is 8.42 Å². The van der Waals surface area contributed by atoms with Gasteiger partial charge < -0.3 is 0 Å². The number of piperazine rings is 1. The molecule has 0 aromatic rings. The highest BCUT2D eigenvalue weighted by Gasteiger charge is 2.43. The Kier molecular flexibility index (Phi) is 3.29. The summed E-state index contributed by atoms with van der Waals surface area (Å²) >= 11 is 0. The van der Waals surface area contributed by atoms with Crippen LogP contribution in [-0.2, 0) is 10.0 Å². The second-order valence-corrected chi connectivity index (χ2v) is 7.15. The van der Waals surface area contributed by atoms with Crippen LogP contribution in [0.25, 0.3) is 0 Å². The standard InChI is InChI=1S/C11H22N2O2S/c1-4-9(2)13-10-5-6-11(13)8-12(7-10)16(3,14)15/h9-11H,4-8H2,1-3H3/t9-,10?,11?/m0/s1. The van der Waals surface area contributed by atoms with Crippen LogP contribution in [0, 0.1) is 0 Å². The second kappa shape index (κ2) is 4.27. The number of hydrogen-bond acceptors (Lipinski definition) is 3. The van der Waals surface area contributed by atoms with Crippen molar-refractivity contribution in [3.63, 3.8) is 0 Å². The minimum atomic E-state index is -3.00. The monoisotopic (exact) mass is 246 g/mol. The van der Waals surface area contributed by atoms with Crippen LogP contribution in [0.1, 0.15) is 33.1 Å². The summed E-state index contributed by atoms with van der Waals surface area (Å²) in [7, 11) is -3.00. The Morgan fingerprint density at radius 3 is 2.12 bits per heavy atom. The fraction of sp³-hybridized carbons (Fsp3) is 1.00. The summed E-state index contributed by atoms with van der Waals surface area (Å²) in [6.45, 7) is 5.84. The van der Waals surface area contributed by atoms with Crippen molar-refractivity contribution in [2.45, 2.75) is 51.2 Å². The minimum Gasteiger partial charge on any atom is -0.292 e. The van der Waals surface area contributed by atoms with E-state index in [4.69, 9.17) is 0 Å². The molecule has 2 rings (SSSR count). The molecule has 2 fully saturated rings. The van der Waals surface area contributed by atoms with E-state index >= 15 is 0 Å². The highest BCUT2D eigenvalue weighted by atomic mass is 32.2. The maximum absolute atomic E-state index is 11.6. The molecule has 5 heteroatoms. The van der Waals surface area contributed by atoms with Crippen LogP contribution in [0.4, 0.5) is 0 Å². The summed E-state index contributed by atoms with van der Waals surface area (Å²) in [4.78, 5) is 2.54. The van der Waals surface area contributed by atoms with Crippen LogP contribution in [0.15, 0.2) is 0 Å². The van der Waals surface area contributed by atoms with E-state index in [0.29, 0.717) is 31.2 Å². The third kappa shape index (κ3) is 2.13. The van der Waals surface area contributed by atoms with Gasteiger partial charge in [-0.3, -0.25) is 4.90 Å². The first kappa shape index (κ1) is 12.3. The zero-order chi connectivity index (χ0) is 11.9. The molecule has 0 N–H and O–H groups in total. The molecule has 0 radical (unpaired) electrons. The van der Waals surface area contributed by atoms with Crippen LogP contribution in [0.3, 0.4) is 0 Å². The van der Waals surface area contributed by atoms with Gasteiger partial charge in [0.15, 0.2) is 0 Å². The molecule has 0 amide bonds. The fourth-order valence-electron chi connectivity index (χ4n) is 3.10. The van der Waals surface area contributed by atoms with Gasteiger partial charge in [0.1, 0.15) is 0 Å². The summed E-state index contributed by atoms with van der Waals surface area (Å²) in [6, 6.07) is 1.48. The zero-order valence-corrected chi connectivity index (χ0v) is 11.2. The highest BCUT2D eigenvalue weighted by Crippen LogP contribution is 2.33. The zero-order valence-electron chi connectivity index (χ0n) is 10.4. The van der Waals surface area contributed by atoms with E-state index in [2.05, 4.69) is 18.7 Å². The maximum Gasteiger partial charge on any atom is 0.211 e. The summed E-state index contributed by atoms with van der Waals surface area (Å²) in [5.74, 6) is 0. The number of rotatable bonds is 3. The van der Waals surface area contributed by atoms with E-state index in [1.54, 1.807) is 4.31 Å². The number of sulfonamides is 1. The summed E-state index contributed by atoms with van der Waals surface area (Å²) < 4.78 is 24.8. The molecular formula is C11H22N2O2S. The summed E-state index contributed by atoms with van der Waals surface area (Å²) in [6.07, 6.45) is 4.78. The van der Waals surface area contributed by atoms with Gasteiger partial charge in [0, 0.05) is 31.2 Å². The first-order valence-electron chi connectivity index (χ1n) is 6.16. The molecule has 16 heavy (non-hydrogen) atoms. The van der Waals surface area contributed by atoms with Gasteiger partial charge in [0.25, 0.3) is 0 Å². The lowest BCUT2D eigenvalue weighted by Gasteiger charge is -2.43. The summed E-state index contributed by atoms with van der Waals surface area (Å²) in [5, 5.41) is 0. The highest BCUT2D eigenvalue weighted by molar-refractivity contribution is 7.88. The quantitative estimate of drug-likeness (QED) is 0.742. The molecule has 3 atom stereocenters. The fourth-order valence-corrected chi connectivity index (χ4v) is 3.98. The Balaban J connectivity index is 2.13. The lowest BCUT2D eigenvalue weighted by atomic mass is 10.1. The van der Waals surface area contributed by atoms with Crippen molar-refractivity contribution in [3.8, 4) is 0 Å². The van der Waals surface area contributed by atoms with E-state index in [1.165, 1.54) is 6.26 Å². The lowest BCUT2D eigenvalue weighted by molar-refractivity contribution is 0.0711. The van der Waals surface area contributed by atoms with Crippen molar-refractivity contribution in [1.29, 1.82) is 0 Å². The molecule has 2 aliphatic heterocycles. The van der Waals surface area contributed by atoms with Gasteiger partial charge in [-0.25, -0.2) is 8.42 Å². The number of fused-ring (bicyclic) bond motifs is 2. The van der Waals surface area contributed by atoms with Crippen molar-refractivity contribution in [2.24, 2.45) is 0 Å². The number of nitrogens with zero attached hydrogens (tertiary/aromatic N) is 2. The van der Waals surface area contributed by atoms with E-state index in [-0.39, 0.29) is 0 Å². The first-order valence-corrected chi connectivity index (χ1v) is 8.01. The van der Waals surface area contributed by atoms with Crippen molar-refractivity contribution < 1.29 is 8.42 Å². The minimum absolute atomic E-state index is 0.448. The molecule has 0 aliphatic carbocycles. The van der Waals surface area contributed by atoms with E-state index < -0.39 is 10.0 Å². The predicted octanol–water partition coefficient (Wildman–Crippen LogP) is 0.893. The van der Waals surface area contributed by atoms with Gasteiger partial charge in [0.05, 0.1) is 6.26 Å². The molecule has 2 bridgehead atoms. The largest absolute Gasteiger partial charge is 0.292 e. The topological polar surface area (TPSA) is 40.6 Å². The van der Waals surface area contributed by atoms with Crippen molar-refractivity contribution in [3.05, 3.63) is 0 Å². The van der Waals surface area contributed by atoms with Crippen LogP contribution < -0.4 is 0 Å². The Hall–Kier alpha value is -0.130. The molecule has 94 valence electrons. The normalized spacial score (nSPS) is 34.2.